The number of para-hydroxylation sites is 1. The Kier molecular flexibility index (Phi) is 5.06. The molecule has 0 atom stereocenters. The van der Waals surface area contributed by atoms with Crippen LogP contribution in [0, 0.1) is 22.7 Å². The van der Waals surface area contributed by atoms with Gasteiger partial charge in [-0.3, -0.25) is 0 Å². The predicted octanol–water partition coefficient (Wildman–Crippen LogP) is 6.74. The molecule has 136 valence electrons. The van der Waals surface area contributed by atoms with Crippen LogP contribution in [-0.2, 0) is 0 Å². The lowest BCUT2D eigenvalue weighted by Crippen LogP contribution is -2.10. The van der Waals surface area contributed by atoms with E-state index in [-0.39, 0.29) is 5.57 Å². The number of hydrogen-bond donors (Lipinski definition) is 0. The molecule has 4 rings (SSSR count). The Balaban J connectivity index is 1.86. The molecule has 0 bridgehead atoms. The molecule has 3 nitrogen and oxygen atoms in total. The van der Waals surface area contributed by atoms with Crippen molar-refractivity contribution >= 4 is 33.9 Å². The smallest absolute Gasteiger partial charge is 0.130 e. The third-order valence-electron chi connectivity index (χ3n) is 4.73. The number of nitrogens with zero attached hydrogens (tertiary/aromatic N) is 3. The second-order valence-corrected chi connectivity index (χ2v) is 6.54. The summed E-state index contributed by atoms with van der Waals surface area (Å²) in [5.74, 6) is 0. The van der Waals surface area contributed by atoms with Gasteiger partial charge in [0.15, 0.2) is 0 Å². The Bertz CT molecular complexity index is 1240. The van der Waals surface area contributed by atoms with E-state index < -0.39 is 0 Å². The van der Waals surface area contributed by atoms with Gasteiger partial charge in [0.25, 0.3) is 0 Å². The first-order valence-corrected chi connectivity index (χ1v) is 9.25. The van der Waals surface area contributed by atoms with Crippen molar-refractivity contribution in [2.24, 2.45) is 0 Å². The van der Waals surface area contributed by atoms with E-state index in [1.54, 1.807) is 6.08 Å². The van der Waals surface area contributed by atoms with Crippen molar-refractivity contribution in [3.8, 4) is 12.1 Å². The number of rotatable bonds is 4. The molecule has 4 aromatic carbocycles. The minimum atomic E-state index is 0.0896. The first-order valence-electron chi connectivity index (χ1n) is 9.25. The third-order valence-corrected chi connectivity index (χ3v) is 4.73. The molecule has 0 aliphatic carbocycles. The van der Waals surface area contributed by atoms with Gasteiger partial charge in [-0.05, 0) is 47.4 Å². The van der Waals surface area contributed by atoms with E-state index in [2.05, 4.69) is 47.4 Å². The van der Waals surface area contributed by atoms with Crippen molar-refractivity contribution in [2.75, 3.05) is 4.90 Å². The molecule has 0 fully saturated rings. The van der Waals surface area contributed by atoms with Gasteiger partial charge in [-0.1, -0.05) is 66.7 Å². The molecule has 0 saturated carbocycles. The SMILES string of the molecule is N#CC(C#N)=Cc1ccc(N(c2ccccc2)c2cccc3ccccc23)cc1. The van der Waals surface area contributed by atoms with Gasteiger partial charge < -0.3 is 4.90 Å². The lowest BCUT2D eigenvalue weighted by molar-refractivity contribution is 1.30. The van der Waals surface area contributed by atoms with Crippen molar-refractivity contribution < 1.29 is 0 Å². The zero-order chi connectivity index (χ0) is 20.1. The minimum absolute atomic E-state index is 0.0896. The molecule has 0 aliphatic rings. The molecular weight excluding hydrogens is 354 g/mol. The third kappa shape index (κ3) is 3.72. The number of fused-ring (bicyclic) bond motifs is 1. The second kappa shape index (κ2) is 8.13. The van der Waals surface area contributed by atoms with E-state index in [9.17, 15) is 0 Å². The van der Waals surface area contributed by atoms with Crippen molar-refractivity contribution in [3.05, 3.63) is 108 Å². The van der Waals surface area contributed by atoms with E-state index in [0.717, 1.165) is 22.6 Å². The highest BCUT2D eigenvalue weighted by Crippen LogP contribution is 2.38. The van der Waals surface area contributed by atoms with Gasteiger partial charge >= 0.3 is 0 Å². The van der Waals surface area contributed by atoms with E-state index in [4.69, 9.17) is 10.5 Å². The fourth-order valence-corrected chi connectivity index (χ4v) is 3.38. The van der Waals surface area contributed by atoms with Crippen molar-refractivity contribution in [3.63, 3.8) is 0 Å². The van der Waals surface area contributed by atoms with Crippen LogP contribution in [0.25, 0.3) is 16.8 Å². The summed E-state index contributed by atoms with van der Waals surface area (Å²) in [6.45, 7) is 0. The molecule has 0 aromatic heterocycles. The highest BCUT2D eigenvalue weighted by Gasteiger charge is 2.14. The van der Waals surface area contributed by atoms with Gasteiger partial charge in [-0.15, -0.1) is 0 Å². The summed E-state index contributed by atoms with van der Waals surface area (Å²) >= 11 is 0. The molecule has 0 N–H and O–H groups in total. The molecule has 3 heteroatoms. The average molecular weight is 371 g/mol. The summed E-state index contributed by atoms with van der Waals surface area (Å²) in [6, 6.07) is 36.5. The fourth-order valence-electron chi connectivity index (χ4n) is 3.38. The normalized spacial score (nSPS) is 10.0. The Morgan fingerprint density at radius 1 is 0.655 bits per heavy atom. The van der Waals surface area contributed by atoms with Crippen LogP contribution in [0.15, 0.2) is 103 Å². The van der Waals surface area contributed by atoms with Crippen LogP contribution in [-0.4, -0.2) is 0 Å². The Hall–Kier alpha value is -4.34. The van der Waals surface area contributed by atoms with Crippen LogP contribution in [0.5, 0.6) is 0 Å². The number of benzene rings is 4. The second-order valence-electron chi connectivity index (χ2n) is 6.54. The standard InChI is InChI=1S/C26H17N3/c27-18-21(19-28)17-20-13-15-24(16-14-20)29(23-9-2-1-3-10-23)26-12-6-8-22-7-4-5-11-25(22)26/h1-17H. The van der Waals surface area contributed by atoms with Crippen molar-refractivity contribution in [1.82, 2.24) is 0 Å². The largest absolute Gasteiger partial charge is 0.310 e. The maximum Gasteiger partial charge on any atom is 0.130 e. The zero-order valence-electron chi connectivity index (χ0n) is 15.7. The van der Waals surface area contributed by atoms with Crippen LogP contribution < -0.4 is 4.90 Å². The summed E-state index contributed by atoms with van der Waals surface area (Å²) in [7, 11) is 0. The molecule has 4 aromatic rings. The highest BCUT2D eigenvalue weighted by atomic mass is 15.1. The quantitative estimate of drug-likeness (QED) is 0.373. The molecule has 0 amide bonds. The summed E-state index contributed by atoms with van der Waals surface area (Å²) in [5, 5.41) is 20.3. The fraction of sp³-hybridized carbons (Fsp3) is 0. The van der Waals surface area contributed by atoms with Crippen molar-refractivity contribution in [2.45, 2.75) is 0 Å². The molecule has 0 saturated heterocycles. The van der Waals surface area contributed by atoms with Crippen LogP contribution in [0.4, 0.5) is 17.1 Å². The summed E-state index contributed by atoms with van der Waals surface area (Å²) in [5.41, 5.74) is 4.05. The molecule has 0 aliphatic heterocycles. The molecule has 29 heavy (non-hydrogen) atoms. The maximum absolute atomic E-state index is 8.98. The number of hydrogen-bond acceptors (Lipinski definition) is 3. The van der Waals surface area contributed by atoms with Crippen LogP contribution >= 0.6 is 0 Å². The van der Waals surface area contributed by atoms with Crippen LogP contribution in [0.3, 0.4) is 0 Å². The predicted molar refractivity (Wildman–Crippen MR) is 118 cm³/mol. The van der Waals surface area contributed by atoms with Crippen molar-refractivity contribution in [1.29, 1.82) is 10.5 Å². The summed E-state index contributed by atoms with van der Waals surface area (Å²) < 4.78 is 0. The molecule has 0 radical (unpaired) electrons. The minimum Gasteiger partial charge on any atom is -0.310 e. The van der Waals surface area contributed by atoms with E-state index in [0.29, 0.717) is 0 Å². The monoisotopic (exact) mass is 371 g/mol. The lowest BCUT2D eigenvalue weighted by atomic mass is 10.1. The molecule has 0 heterocycles. The maximum atomic E-state index is 8.98. The van der Waals surface area contributed by atoms with E-state index in [1.807, 2.05) is 66.7 Å². The highest BCUT2D eigenvalue weighted by molar-refractivity contribution is 5.98. The molecular formula is C26H17N3. The average Bonchev–Trinajstić information content (AvgIpc) is 2.79. The van der Waals surface area contributed by atoms with Crippen LogP contribution in [0.2, 0.25) is 0 Å². The first-order chi connectivity index (χ1) is 14.3. The zero-order valence-corrected chi connectivity index (χ0v) is 15.7. The lowest BCUT2D eigenvalue weighted by Gasteiger charge is -2.27. The number of anilines is 3. The van der Waals surface area contributed by atoms with Gasteiger partial charge in [-0.2, -0.15) is 10.5 Å². The van der Waals surface area contributed by atoms with E-state index in [1.165, 1.54) is 10.8 Å². The van der Waals surface area contributed by atoms with Gasteiger partial charge in [-0.25, -0.2) is 0 Å². The number of allylic oxidation sites excluding steroid dienone is 1. The Morgan fingerprint density at radius 3 is 2.00 bits per heavy atom. The van der Waals surface area contributed by atoms with Gasteiger partial charge in [0, 0.05) is 16.8 Å². The molecule has 0 unspecified atom stereocenters. The Morgan fingerprint density at radius 2 is 1.28 bits per heavy atom. The van der Waals surface area contributed by atoms with Gasteiger partial charge in [0.1, 0.15) is 17.7 Å². The van der Waals surface area contributed by atoms with Gasteiger partial charge in [0.2, 0.25) is 0 Å². The summed E-state index contributed by atoms with van der Waals surface area (Å²) in [6.07, 6.45) is 1.59. The number of nitriles is 2. The van der Waals surface area contributed by atoms with E-state index >= 15 is 0 Å². The first kappa shape index (κ1) is 18.0. The summed E-state index contributed by atoms with van der Waals surface area (Å²) in [4.78, 5) is 2.21. The Labute approximate surface area is 170 Å². The van der Waals surface area contributed by atoms with Gasteiger partial charge in [0.05, 0.1) is 5.69 Å². The molecule has 0 spiro atoms. The van der Waals surface area contributed by atoms with Crippen LogP contribution in [0.1, 0.15) is 5.56 Å². The topological polar surface area (TPSA) is 50.8 Å².